The van der Waals surface area contributed by atoms with E-state index in [4.69, 9.17) is 11.6 Å². The van der Waals surface area contributed by atoms with Gasteiger partial charge in [0.1, 0.15) is 6.04 Å². The highest BCUT2D eigenvalue weighted by Gasteiger charge is 2.40. The molecule has 2 aromatic carbocycles. The lowest BCUT2D eigenvalue weighted by molar-refractivity contribution is -0.121. The van der Waals surface area contributed by atoms with Crippen molar-refractivity contribution in [2.75, 3.05) is 10.2 Å². The quantitative estimate of drug-likeness (QED) is 0.857. The van der Waals surface area contributed by atoms with Crippen LogP contribution in [0, 0.1) is 20.8 Å². The molecule has 1 saturated heterocycles. The molecule has 0 radical (unpaired) electrons. The van der Waals surface area contributed by atoms with Crippen LogP contribution in [-0.4, -0.2) is 17.9 Å². The number of hydrogen-bond acceptors (Lipinski definition) is 3. The van der Waals surface area contributed by atoms with Gasteiger partial charge in [-0.2, -0.15) is 0 Å². The molecule has 2 aromatic rings. The third kappa shape index (κ3) is 3.02. The number of imide groups is 1. The Morgan fingerprint density at radius 2 is 1.75 bits per heavy atom. The van der Waals surface area contributed by atoms with Gasteiger partial charge in [-0.1, -0.05) is 35.4 Å². The van der Waals surface area contributed by atoms with Gasteiger partial charge in [-0.3, -0.25) is 9.59 Å². The van der Waals surface area contributed by atoms with Crippen LogP contribution in [0.2, 0.25) is 5.02 Å². The Morgan fingerprint density at radius 1 is 1.08 bits per heavy atom. The molecule has 5 heteroatoms. The van der Waals surface area contributed by atoms with E-state index in [-0.39, 0.29) is 18.2 Å². The Kier molecular flexibility index (Phi) is 4.33. The van der Waals surface area contributed by atoms with E-state index >= 15 is 0 Å². The monoisotopic (exact) mass is 342 g/mol. The van der Waals surface area contributed by atoms with Gasteiger partial charge in [-0.05, 0) is 50.1 Å². The molecule has 1 aliphatic heterocycles. The van der Waals surface area contributed by atoms with Crippen LogP contribution in [0.25, 0.3) is 0 Å². The molecule has 1 atom stereocenters. The number of hydrogen-bond donors (Lipinski definition) is 1. The first-order chi connectivity index (χ1) is 11.4. The molecular formula is C19H19ClN2O2. The van der Waals surface area contributed by atoms with Gasteiger partial charge in [-0.15, -0.1) is 0 Å². The minimum atomic E-state index is -0.573. The zero-order valence-electron chi connectivity index (χ0n) is 13.9. The topological polar surface area (TPSA) is 49.4 Å². The third-order valence-corrected chi connectivity index (χ3v) is 4.41. The van der Waals surface area contributed by atoms with Crippen LogP contribution in [0.3, 0.4) is 0 Å². The summed E-state index contributed by atoms with van der Waals surface area (Å²) in [4.78, 5) is 26.6. The van der Waals surface area contributed by atoms with Gasteiger partial charge in [0.25, 0.3) is 5.91 Å². The predicted octanol–water partition coefficient (Wildman–Crippen LogP) is 4.01. The molecule has 4 nitrogen and oxygen atoms in total. The maximum atomic E-state index is 12.8. The van der Waals surface area contributed by atoms with E-state index in [1.807, 2.05) is 39.0 Å². The summed E-state index contributed by atoms with van der Waals surface area (Å²) in [7, 11) is 0. The van der Waals surface area contributed by atoms with Gasteiger partial charge in [0.05, 0.1) is 12.1 Å². The zero-order chi connectivity index (χ0) is 17.4. The summed E-state index contributed by atoms with van der Waals surface area (Å²) in [5.74, 6) is -0.412. The first-order valence-electron chi connectivity index (χ1n) is 7.83. The largest absolute Gasteiger partial charge is 0.373 e. The highest BCUT2D eigenvalue weighted by molar-refractivity contribution is 6.31. The van der Waals surface area contributed by atoms with Crippen LogP contribution >= 0.6 is 11.6 Å². The molecule has 1 fully saturated rings. The highest BCUT2D eigenvalue weighted by Crippen LogP contribution is 2.31. The summed E-state index contributed by atoms with van der Waals surface area (Å²) in [5, 5.41) is 3.70. The molecule has 1 aliphatic rings. The Hall–Kier alpha value is -2.33. The van der Waals surface area contributed by atoms with E-state index in [0.717, 1.165) is 22.4 Å². The second-order valence-corrected chi connectivity index (χ2v) is 6.66. The van der Waals surface area contributed by atoms with Gasteiger partial charge >= 0.3 is 0 Å². The van der Waals surface area contributed by atoms with Crippen molar-refractivity contribution in [1.29, 1.82) is 0 Å². The number of carbonyl (C=O) groups excluding carboxylic acids is 2. The third-order valence-electron chi connectivity index (χ3n) is 4.17. The van der Waals surface area contributed by atoms with Crippen molar-refractivity contribution < 1.29 is 9.59 Å². The van der Waals surface area contributed by atoms with E-state index in [1.165, 1.54) is 4.90 Å². The summed E-state index contributed by atoms with van der Waals surface area (Å²) in [5.41, 5.74) is 4.40. The molecule has 124 valence electrons. The smallest absolute Gasteiger partial charge is 0.256 e. The molecule has 1 N–H and O–H groups in total. The number of rotatable bonds is 3. The maximum Gasteiger partial charge on any atom is 0.256 e. The first-order valence-corrected chi connectivity index (χ1v) is 8.21. The van der Waals surface area contributed by atoms with Gasteiger partial charge in [0.15, 0.2) is 0 Å². The predicted molar refractivity (Wildman–Crippen MR) is 96.6 cm³/mol. The summed E-state index contributed by atoms with van der Waals surface area (Å²) in [6.45, 7) is 5.85. The molecule has 2 amide bonds. The number of benzene rings is 2. The average molecular weight is 343 g/mol. The fourth-order valence-corrected chi connectivity index (χ4v) is 3.47. The number of nitrogens with zero attached hydrogens (tertiary/aromatic N) is 1. The molecule has 3 rings (SSSR count). The van der Waals surface area contributed by atoms with E-state index in [0.29, 0.717) is 10.7 Å². The van der Waals surface area contributed by atoms with Crippen molar-refractivity contribution >= 4 is 34.8 Å². The number of aryl methyl sites for hydroxylation is 3. The maximum absolute atomic E-state index is 12.8. The number of halogens is 1. The molecular weight excluding hydrogens is 324 g/mol. The Bertz CT molecular complexity index is 809. The fraction of sp³-hybridized carbons (Fsp3) is 0.263. The Morgan fingerprint density at radius 3 is 2.38 bits per heavy atom. The summed E-state index contributed by atoms with van der Waals surface area (Å²) >= 11 is 5.97. The number of amides is 2. The number of anilines is 2. The van der Waals surface area contributed by atoms with Gasteiger partial charge < -0.3 is 5.32 Å². The number of nitrogens with one attached hydrogen (secondary N) is 1. The minimum absolute atomic E-state index is 0.137. The van der Waals surface area contributed by atoms with Crippen molar-refractivity contribution in [2.45, 2.75) is 33.2 Å². The molecule has 0 bridgehead atoms. The Balaban J connectivity index is 1.90. The molecule has 0 saturated carbocycles. The molecule has 1 heterocycles. The fourth-order valence-electron chi connectivity index (χ4n) is 3.28. The van der Waals surface area contributed by atoms with Crippen molar-refractivity contribution in [1.82, 2.24) is 0 Å². The summed E-state index contributed by atoms with van der Waals surface area (Å²) in [6.07, 6.45) is 0.137. The van der Waals surface area contributed by atoms with Gasteiger partial charge in [0, 0.05) is 10.7 Å². The van der Waals surface area contributed by atoms with Crippen LogP contribution < -0.4 is 10.2 Å². The first kappa shape index (κ1) is 16.5. The van der Waals surface area contributed by atoms with Crippen molar-refractivity contribution in [3.63, 3.8) is 0 Å². The van der Waals surface area contributed by atoms with Crippen LogP contribution in [0.15, 0.2) is 36.4 Å². The lowest BCUT2D eigenvalue weighted by atomic mass is 10.0. The highest BCUT2D eigenvalue weighted by atomic mass is 35.5. The second kappa shape index (κ2) is 6.29. The average Bonchev–Trinajstić information content (AvgIpc) is 2.74. The standard InChI is InChI=1S/C19H19ClN2O2/c1-11-7-12(2)18(13(3)8-11)22-17(23)10-16(19(22)24)21-15-6-4-5-14(20)9-15/h4-9,16,21H,10H2,1-3H3. The normalized spacial score (nSPS) is 17.5. The van der Waals surface area contributed by atoms with Crippen molar-refractivity contribution in [3.8, 4) is 0 Å². The van der Waals surface area contributed by atoms with Crippen molar-refractivity contribution in [2.24, 2.45) is 0 Å². The second-order valence-electron chi connectivity index (χ2n) is 6.23. The van der Waals surface area contributed by atoms with Crippen LogP contribution in [0.4, 0.5) is 11.4 Å². The molecule has 24 heavy (non-hydrogen) atoms. The van der Waals surface area contributed by atoms with Gasteiger partial charge in [-0.25, -0.2) is 4.90 Å². The Labute approximate surface area is 146 Å². The molecule has 0 spiro atoms. The van der Waals surface area contributed by atoms with E-state index < -0.39 is 6.04 Å². The summed E-state index contributed by atoms with van der Waals surface area (Å²) in [6, 6.07) is 10.5. The molecule has 0 aromatic heterocycles. The lowest BCUT2D eigenvalue weighted by Crippen LogP contribution is -2.35. The number of carbonyl (C=O) groups is 2. The summed E-state index contributed by atoms with van der Waals surface area (Å²) < 4.78 is 0. The van der Waals surface area contributed by atoms with E-state index in [1.54, 1.807) is 18.2 Å². The zero-order valence-corrected chi connectivity index (χ0v) is 14.6. The minimum Gasteiger partial charge on any atom is -0.373 e. The SMILES string of the molecule is Cc1cc(C)c(N2C(=O)CC(Nc3cccc(Cl)c3)C2=O)c(C)c1. The van der Waals surface area contributed by atoms with Crippen LogP contribution in [0.5, 0.6) is 0 Å². The van der Waals surface area contributed by atoms with Crippen LogP contribution in [0.1, 0.15) is 23.1 Å². The lowest BCUT2D eigenvalue weighted by Gasteiger charge is -2.21. The van der Waals surface area contributed by atoms with E-state index in [9.17, 15) is 9.59 Å². The molecule has 0 aliphatic carbocycles. The van der Waals surface area contributed by atoms with Crippen molar-refractivity contribution in [3.05, 3.63) is 58.1 Å². The molecule has 1 unspecified atom stereocenters. The van der Waals surface area contributed by atoms with Gasteiger partial charge in [0.2, 0.25) is 5.91 Å². The van der Waals surface area contributed by atoms with Crippen LogP contribution in [-0.2, 0) is 9.59 Å². The van der Waals surface area contributed by atoms with E-state index in [2.05, 4.69) is 5.32 Å².